The zero-order chi connectivity index (χ0) is 15.6. The van der Waals surface area contributed by atoms with Crippen LogP contribution < -0.4 is 5.32 Å². The third-order valence-corrected chi connectivity index (χ3v) is 4.21. The molecule has 0 aliphatic rings. The summed E-state index contributed by atoms with van der Waals surface area (Å²) in [6.07, 6.45) is 5.52. The zero-order valence-electron chi connectivity index (χ0n) is 12.0. The Hall–Kier alpha value is -2.99. The summed E-state index contributed by atoms with van der Waals surface area (Å²) in [5.41, 5.74) is 2.81. The third kappa shape index (κ3) is 2.60. The van der Waals surface area contributed by atoms with Crippen molar-refractivity contribution in [2.75, 3.05) is 5.32 Å². The van der Waals surface area contributed by atoms with Crippen molar-refractivity contribution in [2.45, 2.75) is 0 Å². The van der Waals surface area contributed by atoms with Gasteiger partial charge in [0.05, 0.1) is 11.4 Å². The molecule has 0 fully saturated rings. The van der Waals surface area contributed by atoms with Gasteiger partial charge < -0.3 is 5.32 Å². The maximum absolute atomic E-state index is 12.3. The van der Waals surface area contributed by atoms with Gasteiger partial charge in [-0.25, -0.2) is 4.98 Å². The maximum atomic E-state index is 12.3. The number of benzene rings is 1. The minimum atomic E-state index is -0.237. The topological polar surface area (TPSA) is 59.3 Å². The fourth-order valence-electron chi connectivity index (χ4n) is 2.36. The number of nitrogens with one attached hydrogen (secondary N) is 1. The zero-order valence-corrected chi connectivity index (χ0v) is 12.8. The molecule has 23 heavy (non-hydrogen) atoms. The number of anilines is 1. The van der Waals surface area contributed by atoms with Crippen LogP contribution in [-0.4, -0.2) is 20.3 Å². The van der Waals surface area contributed by atoms with E-state index in [1.165, 1.54) is 0 Å². The summed E-state index contributed by atoms with van der Waals surface area (Å²) in [4.78, 5) is 21.9. The second kappa shape index (κ2) is 5.66. The predicted molar refractivity (Wildman–Crippen MR) is 90.7 cm³/mol. The summed E-state index contributed by atoms with van der Waals surface area (Å²) in [6.45, 7) is 0. The average molecular weight is 320 g/mol. The first-order chi connectivity index (χ1) is 11.3. The standard InChI is InChI=1S/C17H12N4OS/c22-16(14-7-3-4-8-18-14)19-13-6-2-1-5-12(13)15-11-21-9-10-23-17(21)20-15/h1-11H,(H,19,22). The Bertz CT molecular complexity index is 946. The molecule has 0 saturated heterocycles. The Labute approximate surface area is 136 Å². The van der Waals surface area contributed by atoms with E-state index in [0.717, 1.165) is 16.2 Å². The number of carbonyl (C=O) groups is 1. The molecule has 1 amide bonds. The smallest absolute Gasteiger partial charge is 0.274 e. The van der Waals surface area contributed by atoms with Crippen molar-refractivity contribution in [1.29, 1.82) is 0 Å². The van der Waals surface area contributed by atoms with Crippen LogP contribution in [0.5, 0.6) is 0 Å². The van der Waals surface area contributed by atoms with Gasteiger partial charge in [-0.1, -0.05) is 24.3 Å². The highest BCUT2D eigenvalue weighted by atomic mass is 32.1. The summed E-state index contributed by atoms with van der Waals surface area (Å²) in [6, 6.07) is 12.9. The molecule has 0 aliphatic carbocycles. The number of pyridine rings is 1. The van der Waals surface area contributed by atoms with E-state index in [-0.39, 0.29) is 5.91 Å². The molecule has 0 bridgehead atoms. The van der Waals surface area contributed by atoms with Gasteiger partial charge in [0.25, 0.3) is 5.91 Å². The number of hydrogen-bond donors (Lipinski definition) is 1. The van der Waals surface area contributed by atoms with Crippen LogP contribution in [0.4, 0.5) is 5.69 Å². The van der Waals surface area contributed by atoms with E-state index < -0.39 is 0 Å². The molecule has 1 N–H and O–H groups in total. The molecule has 4 aromatic rings. The summed E-state index contributed by atoms with van der Waals surface area (Å²) < 4.78 is 1.97. The van der Waals surface area contributed by atoms with Gasteiger partial charge >= 0.3 is 0 Å². The molecule has 0 aliphatic heterocycles. The molecule has 0 spiro atoms. The number of imidazole rings is 1. The van der Waals surface area contributed by atoms with Crippen LogP contribution >= 0.6 is 11.3 Å². The van der Waals surface area contributed by atoms with E-state index in [9.17, 15) is 4.79 Å². The largest absolute Gasteiger partial charge is 0.320 e. The molecule has 3 heterocycles. The molecule has 6 heteroatoms. The fraction of sp³-hybridized carbons (Fsp3) is 0. The van der Waals surface area contributed by atoms with E-state index in [1.54, 1.807) is 35.7 Å². The van der Waals surface area contributed by atoms with Crippen molar-refractivity contribution >= 4 is 27.9 Å². The fourth-order valence-corrected chi connectivity index (χ4v) is 3.06. The van der Waals surface area contributed by atoms with E-state index in [1.807, 2.05) is 46.4 Å². The van der Waals surface area contributed by atoms with Crippen LogP contribution in [0.3, 0.4) is 0 Å². The predicted octanol–water partition coefficient (Wildman–Crippen LogP) is 3.71. The van der Waals surface area contributed by atoms with Crippen LogP contribution in [0.2, 0.25) is 0 Å². The summed E-state index contributed by atoms with van der Waals surface area (Å²) in [7, 11) is 0. The molecule has 4 rings (SSSR count). The monoisotopic (exact) mass is 320 g/mol. The molecule has 0 atom stereocenters. The van der Waals surface area contributed by atoms with Gasteiger partial charge in [-0.15, -0.1) is 11.3 Å². The Morgan fingerprint density at radius 3 is 2.83 bits per heavy atom. The van der Waals surface area contributed by atoms with Crippen LogP contribution in [0.15, 0.2) is 66.4 Å². The number of rotatable bonds is 3. The maximum Gasteiger partial charge on any atom is 0.274 e. The highest BCUT2D eigenvalue weighted by Gasteiger charge is 2.13. The van der Waals surface area contributed by atoms with E-state index in [2.05, 4.69) is 15.3 Å². The van der Waals surface area contributed by atoms with Gasteiger partial charge in [-0.05, 0) is 18.2 Å². The molecule has 3 aromatic heterocycles. The van der Waals surface area contributed by atoms with Gasteiger partial charge in [0.15, 0.2) is 4.96 Å². The molecule has 0 saturated carbocycles. The Balaban J connectivity index is 1.70. The molecule has 5 nitrogen and oxygen atoms in total. The number of hydrogen-bond acceptors (Lipinski definition) is 4. The number of carbonyl (C=O) groups excluding carboxylic acids is 1. The SMILES string of the molecule is O=C(Nc1ccccc1-c1cn2ccsc2n1)c1ccccn1. The first kappa shape index (κ1) is 13.7. The second-order valence-corrected chi connectivity index (χ2v) is 5.81. The molecular weight excluding hydrogens is 308 g/mol. The number of amides is 1. The number of para-hydroxylation sites is 1. The molecule has 112 valence electrons. The number of fused-ring (bicyclic) bond motifs is 1. The van der Waals surface area contributed by atoms with Gasteiger partial charge in [-0.2, -0.15) is 0 Å². The van der Waals surface area contributed by atoms with Crippen LogP contribution in [0, 0.1) is 0 Å². The number of nitrogens with zero attached hydrogens (tertiary/aromatic N) is 3. The summed E-state index contributed by atoms with van der Waals surface area (Å²) in [5, 5.41) is 4.90. The molecular formula is C17H12N4OS. The van der Waals surface area contributed by atoms with Crippen molar-refractivity contribution in [3.8, 4) is 11.3 Å². The first-order valence-electron chi connectivity index (χ1n) is 7.05. The van der Waals surface area contributed by atoms with Gasteiger partial charge in [-0.3, -0.25) is 14.2 Å². The first-order valence-corrected chi connectivity index (χ1v) is 7.93. The lowest BCUT2D eigenvalue weighted by molar-refractivity contribution is 0.102. The number of thiazole rings is 1. The Morgan fingerprint density at radius 1 is 1.13 bits per heavy atom. The summed E-state index contributed by atoms with van der Waals surface area (Å²) in [5.74, 6) is -0.237. The van der Waals surface area contributed by atoms with Crippen molar-refractivity contribution in [2.24, 2.45) is 0 Å². The minimum absolute atomic E-state index is 0.237. The minimum Gasteiger partial charge on any atom is -0.320 e. The number of aromatic nitrogens is 3. The van der Waals surface area contributed by atoms with Gasteiger partial charge in [0.1, 0.15) is 5.69 Å². The Morgan fingerprint density at radius 2 is 2.00 bits per heavy atom. The van der Waals surface area contributed by atoms with Crippen molar-refractivity contribution < 1.29 is 4.79 Å². The second-order valence-electron chi connectivity index (χ2n) is 4.93. The Kier molecular flexibility index (Phi) is 3.36. The third-order valence-electron chi connectivity index (χ3n) is 3.44. The van der Waals surface area contributed by atoms with Crippen LogP contribution in [-0.2, 0) is 0 Å². The van der Waals surface area contributed by atoms with Gasteiger partial charge in [0.2, 0.25) is 0 Å². The lowest BCUT2D eigenvalue weighted by Crippen LogP contribution is -2.13. The van der Waals surface area contributed by atoms with Crippen molar-refractivity contribution in [3.05, 3.63) is 72.1 Å². The highest BCUT2D eigenvalue weighted by Crippen LogP contribution is 2.28. The van der Waals surface area contributed by atoms with E-state index in [4.69, 9.17) is 0 Å². The normalized spacial score (nSPS) is 10.8. The molecule has 0 radical (unpaired) electrons. The van der Waals surface area contributed by atoms with Crippen molar-refractivity contribution in [3.63, 3.8) is 0 Å². The lowest BCUT2D eigenvalue weighted by Gasteiger charge is -2.09. The quantitative estimate of drug-likeness (QED) is 0.626. The van der Waals surface area contributed by atoms with Crippen LogP contribution in [0.25, 0.3) is 16.2 Å². The van der Waals surface area contributed by atoms with E-state index in [0.29, 0.717) is 11.4 Å². The van der Waals surface area contributed by atoms with Crippen molar-refractivity contribution in [1.82, 2.24) is 14.4 Å². The van der Waals surface area contributed by atoms with Gasteiger partial charge in [0, 0.05) is 29.5 Å². The highest BCUT2D eigenvalue weighted by molar-refractivity contribution is 7.15. The summed E-state index contributed by atoms with van der Waals surface area (Å²) >= 11 is 1.57. The average Bonchev–Trinajstić information content (AvgIpc) is 3.18. The van der Waals surface area contributed by atoms with E-state index >= 15 is 0 Å². The lowest BCUT2D eigenvalue weighted by atomic mass is 10.1. The molecule has 0 unspecified atom stereocenters. The van der Waals surface area contributed by atoms with Crippen LogP contribution in [0.1, 0.15) is 10.5 Å². The molecule has 1 aromatic carbocycles.